The van der Waals surface area contributed by atoms with Crippen molar-refractivity contribution in [1.82, 2.24) is 9.80 Å². The third kappa shape index (κ3) is 4.22. The molecule has 0 aliphatic carbocycles. The SMILES string of the molecule is c1ccc([C@H]2CN3CCC[C@H]3c3ccc(OCCCN4CCCCC4)cc32)cc1. The molecule has 3 aliphatic heterocycles. The topological polar surface area (TPSA) is 15.7 Å². The minimum Gasteiger partial charge on any atom is -0.494 e. The monoisotopic (exact) mass is 390 g/mol. The van der Waals surface area contributed by atoms with Crippen molar-refractivity contribution in [3.8, 4) is 5.75 Å². The summed E-state index contributed by atoms with van der Waals surface area (Å²) in [6.45, 7) is 6.92. The van der Waals surface area contributed by atoms with Gasteiger partial charge >= 0.3 is 0 Å². The second kappa shape index (κ2) is 8.89. The van der Waals surface area contributed by atoms with E-state index in [1.807, 2.05) is 0 Å². The maximum Gasteiger partial charge on any atom is 0.119 e. The van der Waals surface area contributed by atoms with Crippen LogP contribution < -0.4 is 4.74 Å². The van der Waals surface area contributed by atoms with E-state index < -0.39 is 0 Å². The number of hydrogen-bond acceptors (Lipinski definition) is 3. The van der Waals surface area contributed by atoms with Gasteiger partial charge in [-0.1, -0.05) is 42.8 Å². The van der Waals surface area contributed by atoms with E-state index in [1.54, 1.807) is 0 Å². The number of fused-ring (bicyclic) bond motifs is 3. The first-order valence-electron chi connectivity index (χ1n) is 11.7. The maximum atomic E-state index is 6.22. The van der Waals surface area contributed by atoms with E-state index >= 15 is 0 Å². The van der Waals surface area contributed by atoms with Crippen LogP contribution in [0.3, 0.4) is 0 Å². The molecule has 2 saturated heterocycles. The van der Waals surface area contributed by atoms with E-state index in [0.717, 1.165) is 25.3 Å². The summed E-state index contributed by atoms with van der Waals surface area (Å²) in [6, 6.07) is 18.6. The molecule has 2 aromatic rings. The Balaban J connectivity index is 1.30. The number of ether oxygens (including phenoxy) is 1. The van der Waals surface area contributed by atoms with Crippen LogP contribution in [-0.4, -0.2) is 49.1 Å². The first kappa shape index (κ1) is 19.1. The quantitative estimate of drug-likeness (QED) is 0.629. The predicted octanol–water partition coefficient (Wildman–Crippen LogP) is 5.22. The molecule has 2 aromatic carbocycles. The van der Waals surface area contributed by atoms with Crippen molar-refractivity contribution in [2.75, 3.05) is 39.3 Å². The fourth-order valence-corrected chi connectivity index (χ4v) is 5.61. The van der Waals surface area contributed by atoms with E-state index in [1.165, 1.54) is 75.0 Å². The Kier molecular flexibility index (Phi) is 5.87. The summed E-state index contributed by atoms with van der Waals surface area (Å²) in [5.41, 5.74) is 4.46. The molecule has 0 N–H and O–H groups in total. The van der Waals surface area contributed by atoms with Crippen LogP contribution in [0.2, 0.25) is 0 Å². The minimum absolute atomic E-state index is 0.456. The summed E-state index contributed by atoms with van der Waals surface area (Å²) in [4.78, 5) is 5.29. The van der Waals surface area contributed by atoms with Gasteiger partial charge in [-0.15, -0.1) is 0 Å². The molecular formula is C26H34N2O. The van der Waals surface area contributed by atoms with Crippen molar-refractivity contribution in [3.63, 3.8) is 0 Å². The predicted molar refractivity (Wildman–Crippen MR) is 119 cm³/mol. The molecule has 0 saturated carbocycles. The molecule has 2 fully saturated rings. The van der Waals surface area contributed by atoms with Crippen LogP contribution in [0.15, 0.2) is 48.5 Å². The highest BCUT2D eigenvalue weighted by Gasteiger charge is 2.36. The number of piperidine rings is 1. The molecule has 154 valence electrons. The molecule has 3 nitrogen and oxygen atoms in total. The molecule has 0 aromatic heterocycles. The molecule has 0 bridgehead atoms. The van der Waals surface area contributed by atoms with Gasteiger partial charge in [-0.2, -0.15) is 0 Å². The Labute approximate surface area is 175 Å². The van der Waals surface area contributed by atoms with Crippen LogP contribution in [-0.2, 0) is 0 Å². The van der Waals surface area contributed by atoms with Crippen molar-refractivity contribution >= 4 is 0 Å². The zero-order valence-corrected chi connectivity index (χ0v) is 17.6. The van der Waals surface area contributed by atoms with Gasteiger partial charge in [0.25, 0.3) is 0 Å². The molecule has 0 spiro atoms. The zero-order chi connectivity index (χ0) is 19.5. The number of nitrogens with zero attached hydrogens (tertiary/aromatic N) is 2. The van der Waals surface area contributed by atoms with Crippen LogP contribution in [0.25, 0.3) is 0 Å². The highest BCUT2D eigenvalue weighted by molar-refractivity contribution is 5.46. The van der Waals surface area contributed by atoms with Gasteiger partial charge in [0.15, 0.2) is 0 Å². The number of benzene rings is 2. The Morgan fingerprint density at radius 1 is 0.862 bits per heavy atom. The van der Waals surface area contributed by atoms with Crippen LogP contribution in [0.1, 0.15) is 67.2 Å². The van der Waals surface area contributed by atoms with Gasteiger partial charge in [-0.3, -0.25) is 4.90 Å². The van der Waals surface area contributed by atoms with Gasteiger partial charge in [-0.25, -0.2) is 0 Å². The Morgan fingerprint density at radius 3 is 2.59 bits per heavy atom. The lowest BCUT2D eigenvalue weighted by Gasteiger charge is -2.37. The maximum absolute atomic E-state index is 6.22. The molecule has 3 heteroatoms. The third-order valence-corrected chi connectivity index (χ3v) is 7.11. The van der Waals surface area contributed by atoms with E-state index in [2.05, 4.69) is 58.3 Å². The molecule has 2 atom stereocenters. The van der Waals surface area contributed by atoms with E-state index in [0.29, 0.717) is 12.0 Å². The van der Waals surface area contributed by atoms with E-state index in [-0.39, 0.29) is 0 Å². The average Bonchev–Trinajstić information content (AvgIpc) is 3.26. The lowest BCUT2D eigenvalue weighted by molar-refractivity contribution is 0.204. The number of hydrogen-bond donors (Lipinski definition) is 0. The van der Waals surface area contributed by atoms with Crippen molar-refractivity contribution in [2.24, 2.45) is 0 Å². The normalized spacial score (nSPS) is 24.8. The average molecular weight is 391 g/mol. The highest BCUT2D eigenvalue weighted by atomic mass is 16.5. The van der Waals surface area contributed by atoms with E-state index in [4.69, 9.17) is 4.74 Å². The summed E-state index contributed by atoms with van der Waals surface area (Å²) in [7, 11) is 0. The lowest BCUT2D eigenvalue weighted by Crippen LogP contribution is -2.34. The molecule has 0 unspecified atom stereocenters. The van der Waals surface area contributed by atoms with Crippen LogP contribution in [0, 0.1) is 0 Å². The van der Waals surface area contributed by atoms with E-state index in [9.17, 15) is 0 Å². The minimum atomic E-state index is 0.456. The fourth-order valence-electron chi connectivity index (χ4n) is 5.61. The van der Waals surface area contributed by atoms with Crippen molar-refractivity contribution in [3.05, 3.63) is 65.2 Å². The summed E-state index contributed by atoms with van der Waals surface area (Å²) >= 11 is 0. The number of likely N-dealkylation sites (tertiary alicyclic amines) is 1. The molecule has 0 radical (unpaired) electrons. The van der Waals surface area contributed by atoms with Crippen molar-refractivity contribution in [2.45, 2.75) is 50.5 Å². The summed E-state index contributed by atoms with van der Waals surface area (Å²) in [5, 5.41) is 0. The first-order valence-corrected chi connectivity index (χ1v) is 11.7. The largest absolute Gasteiger partial charge is 0.494 e. The summed E-state index contributed by atoms with van der Waals surface area (Å²) in [6.07, 6.45) is 7.87. The Hall–Kier alpha value is -1.84. The summed E-state index contributed by atoms with van der Waals surface area (Å²) < 4.78 is 6.22. The van der Waals surface area contributed by atoms with Gasteiger partial charge in [-0.05, 0) is 80.6 Å². The smallest absolute Gasteiger partial charge is 0.119 e. The number of rotatable bonds is 6. The molecule has 0 amide bonds. The Morgan fingerprint density at radius 2 is 1.72 bits per heavy atom. The fraction of sp³-hybridized carbons (Fsp3) is 0.538. The van der Waals surface area contributed by atoms with Gasteiger partial charge in [0, 0.05) is 25.0 Å². The third-order valence-electron chi connectivity index (χ3n) is 7.11. The standard InChI is InChI=1S/C26H34N2O/c1-3-9-21(10-4-1)25-20-28-17-7-11-26(28)23-13-12-22(19-24(23)25)29-18-8-16-27-14-5-2-6-15-27/h1,3-4,9-10,12-13,19,25-26H,2,5-8,11,14-18,20H2/t25-,26+/m1/s1. The first-order chi connectivity index (χ1) is 14.4. The van der Waals surface area contributed by atoms with Crippen LogP contribution in [0.4, 0.5) is 0 Å². The lowest BCUT2D eigenvalue weighted by atomic mass is 9.81. The zero-order valence-electron chi connectivity index (χ0n) is 17.6. The highest BCUT2D eigenvalue weighted by Crippen LogP contribution is 2.45. The molecule has 5 rings (SSSR count). The second-order valence-electron chi connectivity index (χ2n) is 9.01. The Bertz CT molecular complexity index is 800. The van der Waals surface area contributed by atoms with Gasteiger partial charge in [0.05, 0.1) is 6.61 Å². The second-order valence-corrected chi connectivity index (χ2v) is 9.01. The van der Waals surface area contributed by atoms with Crippen LogP contribution >= 0.6 is 0 Å². The summed E-state index contributed by atoms with van der Waals surface area (Å²) in [5.74, 6) is 1.51. The van der Waals surface area contributed by atoms with Crippen LogP contribution in [0.5, 0.6) is 5.75 Å². The van der Waals surface area contributed by atoms with Crippen molar-refractivity contribution < 1.29 is 4.74 Å². The molecule has 3 heterocycles. The van der Waals surface area contributed by atoms with Crippen molar-refractivity contribution in [1.29, 1.82) is 0 Å². The molecule has 3 aliphatic rings. The van der Waals surface area contributed by atoms with Gasteiger partial charge in [0.1, 0.15) is 5.75 Å². The van der Waals surface area contributed by atoms with Gasteiger partial charge in [0.2, 0.25) is 0 Å². The molecular weight excluding hydrogens is 356 g/mol. The molecule has 29 heavy (non-hydrogen) atoms. The van der Waals surface area contributed by atoms with Gasteiger partial charge < -0.3 is 9.64 Å².